The molecule has 100 valence electrons. The van der Waals surface area contributed by atoms with Crippen LogP contribution in [0.3, 0.4) is 0 Å². The Hall–Kier alpha value is -1.20. The van der Waals surface area contributed by atoms with Gasteiger partial charge in [-0.15, -0.1) is 0 Å². The molecule has 5 nitrogen and oxygen atoms in total. The maximum absolute atomic E-state index is 11.8. The summed E-state index contributed by atoms with van der Waals surface area (Å²) in [7, 11) is 0. The first-order valence-electron chi connectivity index (χ1n) is 5.93. The summed E-state index contributed by atoms with van der Waals surface area (Å²) >= 11 is 5.67. The maximum Gasteiger partial charge on any atom is 0.271 e. The molecule has 0 saturated heterocycles. The summed E-state index contributed by atoms with van der Waals surface area (Å²) in [5.41, 5.74) is -0.0941. The molecule has 0 saturated carbocycles. The van der Waals surface area contributed by atoms with Crippen molar-refractivity contribution in [3.05, 3.63) is 23.2 Å². The minimum Gasteiger partial charge on any atom is -0.396 e. The average Bonchev–Trinajstić information content (AvgIpc) is 2.40. The zero-order valence-corrected chi connectivity index (χ0v) is 11.4. The van der Waals surface area contributed by atoms with E-state index in [0.717, 1.165) is 12.8 Å². The maximum atomic E-state index is 11.8. The first kappa shape index (κ1) is 14.9. The van der Waals surface area contributed by atoms with Crippen LogP contribution in [-0.4, -0.2) is 34.1 Å². The summed E-state index contributed by atoms with van der Waals surface area (Å²) in [6, 6.07) is 0. The average molecular weight is 272 g/mol. The van der Waals surface area contributed by atoms with Gasteiger partial charge in [-0.2, -0.15) is 0 Å². The Morgan fingerprint density at radius 2 is 2.11 bits per heavy atom. The number of aliphatic hydroxyl groups is 1. The van der Waals surface area contributed by atoms with Crippen molar-refractivity contribution in [1.29, 1.82) is 0 Å². The lowest BCUT2D eigenvalue weighted by molar-refractivity contribution is 0.0846. The van der Waals surface area contributed by atoms with Crippen molar-refractivity contribution < 1.29 is 9.90 Å². The smallest absolute Gasteiger partial charge is 0.271 e. The number of hydrogen-bond acceptors (Lipinski definition) is 4. The molecule has 0 atom stereocenters. The topological polar surface area (TPSA) is 75.1 Å². The van der Waals surface area contributed by atoms with Gasteiger partial charge in [-0.3, -0.25) is 9.78 Å². The van der Waals surface area contributed by atoms with Crippen molar-refractivity contribution in [3.63, 3.8) is 0 Å². The number of nitrogens with one attached hydrogen (secondary N) is 1. The van der Waals surface area contributed by atoms with E-state index in [-0.39, 0.29) is 28.8 Å². The number of rotatable bonds is 6. The molecule has 0 aliphatic heterocycles. The lowest BCUT2D eigenvalue weighted by atomic mass is 9.83. The minimum atomic E-state index is -0.329. The van der Waals surface area contributed by atoms with Gasteiger partial charge in [-0.1, -0.05) is 25.4 Å². The summed E-state index contributed by atoms with van der Waals surface area (Å²) in [6.45, 7) is 4.43. The fourth-order valence-corrected chi connectivity index (χ4v) is 1.74. The van der Waals surface area contributed by atoms with Crippen LogP contribution in [0.4, 0.5) is 0 Å². The highest BCUT2D eigenvalue weighted by Gasteiger charge is 2.26. The molecule has 2 N–H and O–H groups in total. The fourth-order valence-electron chi connectivity index (χ4n) is 1.59. The van der Waals surface area contributed by atoms with Crippen LogP contribution in [-0.2, 0) is 0 Å². The van der Waals surface area contributed by atoms with Gasteiger partial charge >= 0.3 is 0 Å². The molecule has 1 amide bonds. The number of aromatic nitrogens is 2. The van der Waals surface area contributed by atoms with E-state index < -0.39 is 0 Å². The Kier molecular flexibility index (Phi) is 5.50. The second kappa shape index (κ2) is 6.66. The number of carbonyl (C=O) groups excluding carboxylic acids is 1. The molecule has 0 aliphatic rings. The van der Waals surface area contributed by atoms with Crippen LogP contribution in [0.2, 0.25) is 5.15 Å². The lowest BCUT2D eigenvalue weighted by Gasteiger charge is -2.29. The Morgan fingerprint density at radius 1 is 1.44 bits per heavy atom. The van der Waals surface area contributed by atoms with Gasteiger partial charge in [0.05, 0.1) is 19.0 Å². The number of nitrogens with zero attached hydrogens (tertiary/aromatic N) is 2. The lowest BCUT2D eigenvalue weighted by Crippen LogP contribution is -2.39. The van der Waals surface area contributed by atoms with Gasteiger partial charge in [-0.05, 0) is 12.8 Å². The molecule has 1 aromatic rings. The van der Waals surface area contributed by atoms with Gasteiger partial charge in [0, 0.05) is 12.0 Å². The molecule has 0 aliphatic carbocycles. The highest BCUT2D eigenvalue weighted by molar-refractivity contribution is 6.29. The summed E-state index contributed by atoms with van der Waals surface area (Å²) < 4.78 is 0. The summed E-state index contributed by atoms with van der Waals surface area (Å²) in [6.07, 6.45) is 4.32. The van der Waals surface area contributed by atoms with Gasteiger partial charge in [0.15, 0.2) is 0 Å². The predicted octanol–water partition coefficient (Wildman–Crippen LogP) is 1.66. The van der Waals surface area contributed by atoms with Crippen LogP contribution >= 0.6 is 11.6 Å². The third kappa shape index (κ3) is 3.65. The number of carbonyl (C=O) groups is 1. The number of aliphatic hydroxyl groups excluding tert-OH is 1. The van der Waals surface area contributed by atoms with Crippen molar-refractivity contribution in [3.8, 4) is 0 Å². The zero-order chi connectivity index (χ0) is 13.6. The fraction of sp³-hybridized carbons (Fsp3) is 0.583. The van der Waals surface area contributed by atoms with E-state index in [2.05, 4.69) is 15.3 Å². The molecular weight excluding hydrogens is 254 g/mol. The van der Waals surface area contributed by atoms with Crippen molar-refractivity contribution >= 4 is 17.5 Å². The highest BCUT2D eigenvalue weighted by Crippen LogP contribution is 2.24. The Morgan fingerprint density at radius 3 is 2.61 bits per heavy atom. The van der Waals surface area contributed by atoms with Gasteiger partial charge in [0.1, 0.15) is 10.8 Å². The largest absolute Gasteiger partial charge is 0.396 e. The SMILES string of the molecule is CCC(CC)(CO)CNC(=O)c1cncc(Cl)n1. The van der Waals surface area contributed by atoms with Crippen LogP contribution < -0.4 is 5.32 Å². The third-order valence-electron chi connectivity index (χ3n) is 3.30. The second-order valence-electron chi connectivity index (χ2n) is 4.27. The molecule has 1 rings (SSSR count). The molecule has 18 heavy (non-hydrogen) atoms. The molecule has 1 aromatic heterocycles. The highest BCUT2D eigenvalue weighted by atomic mass is 35.5. The first-order valence-corrected chi connectivity index (χ1v) is 6.31. The van der Waals surface area contributed by atoms with Crippen molar-refractivity contribution in [1.82, 2.24) is 15.3 Å². The molecule has 0 fully saturated rings. The molecule has 1 heterocycles. The molecule has 0 aromatic carbocycles. The molecule has 0 radical (unpaired) electrons. The zero-order valence-electron chi connectivity index (χ0n) is 10.6. The van der Waals surface area contributed by atoms with Gasteiger partial charge in [0.25, 0.3) is 5.91 Å². The summed E-state index contributed by atoms with van der Waals surface area (Å²) in [5, 5.41) is 12.3. The quantitative estimate of drug-likeness (QED) is 0.825. The van der Waals surface area contributed by atoms with Crippen LogP contribution in [0.25, 0.3) is 0 Å². The number of halogens is 1. The molecule has 0 bridgehead atoms. The monoisotopic (exact) mass is 271 g/mol. The Balaban J connectivity index is 2.66. The minimum absolute atomic E-state index is 0.0432. The van der Waals surface area contributed by atoms with E-state index in [1.54, 1.807) is 0 Å². The van der Waals surface area contributed by atoms with E-state index in [1.807, 2.05) is 13.8 Å². The van der Waals surface area contributed by atoms with E-state index in [0.29, 0.717) is 6.54 Å². The third-order valence-corrected chi connectivity index (χ3v) is 3.48. The number of hydrogen-bond donors (Lipinski definition) is 2. The van der Waals surface area contributed by atoms with Crippen LogP contribution in [0.5, 0.6) is 0 Å². The van der Waals surface area contributed by atoms with Gasteiger partial charge < -0.3 is 10.4 Å². The van der Waals surface area contributed by atoms with E-state index in [1.165, 1.54) is 12.4 Å². The summed E-state index contributed by atoms with van der Waals surface area (Å²) in [5.74, 6) is -0.329. The molecule has 0 unspecified atom stereocenters. The Labute approximate surface area is 112 Å². The standard InChI is InChI=1S/C12H18ClN3O2/c1-3-12(4-2,8-17)7-15-11(18)9-5-14-6-10(13)16-9/h5-6,17H,3-4,7-8H2,1-2H3,(H,15,18). The molecule has 0 spiro atoms. The number of amides is 1. The second-order valence-corrected chi connectivity index (χ2v) is 4.66. The van der Waals surface area contributed by atoms with Crippen molar-refractivity contribution in [2.75, 3.05) is 13.2 Å². The van der Waals surface area contributed by atoms with Crippen LogP contribution in [0, 0.1) is 5.41 Å². The molecule has 6 heteroatoms. The van der Waals surface area contributed by atoms with E-state index >= 15 is 0 Å². The molecular formula is C12H18ClN3O2. The summed E-state index contributed by atoms with van der Waals surface area (Å²) in [4.78, 5) is 19.5. The normalized spacial score (nSPS) is 11.3. The van der Waals surface area contributed by atoms with E-state index in [4.69, 9.17) is 11.6 Å². The van der Waals surface area contributed by atoms with Gasteiger partial charge in [0.2, 0.25) is 0 Å². The van der Waals surface area contributed by atoms with Gasteiger partial charge in [-0.25, -0.2) is 4.98 Å². The van der Waals surface area contributed by atoms with Crippen LogP contribution in [0.1, 0.15) is 37.2 Å². The first-order chi connectivity index (χ1) is 8.56. The van der Waals surface area contributed by atoms with Crippen LogP contribution in [0.15, 0.2) is 12.4 Å². The van der Waals surface area contributed by atoms with E-state index in [9.17, 15) is 9.90 Å². The van der Waals surface area contributed by atoms with Crippen molar-refractivity contribution in [2.24, 2.45) is 5.41 Å². The Bertz CT molecular complexity index is 400. The predicted molar refractivity (Wildman–Crippen MR) is 69.5 cm³/mol. The van der Waals surface area contributed by atoms with Crippen molar-refractivity contribution in [2.45, 2.75) is 26.7 Å².